The van der Waals surface area contributed by atoms with E-state index in [9.17, 15) is 4.79 Å². The largest absolute Gasteiger partial charge is 0.480 e. The minimum atomic E-state index is 0.0140. The molecule has 0 radical (unpaired) electrons. The Morgan fingerprint density at radius 2 is 2.64 bits per heavy atom. The quantitative estimate of drug-likeness (QED) is 0.711. The van der Waals surface area contributed by atoms with Gasteiger partial charge in [0.2, 0.25) is 5.88 Å². The van der Waals surface area contributed by atoms with Gasteiger partial charge in [-0.05, 0) is 18.0 Å². The predicted octanol–water partition coefficient (Wildman–Crippen LogP) is 1.37. The first-order chi connectivity index (χ1) is 6.81. The Kier molecular flexibility index (Phi) is 2.79. The van der Waals surface area contributed by atoms with Crippen molar-refractivity contribution in [2.45, 2.75) is 6.42 Å². The zero-order valence-electron chi connectivity index (χ0n) is 7.86. The average molecular weight is 213 g/mol. The van der Waals surface area contributed by atoms with Crippen molar-refractivity contribution in [2.75, 3.05) is 20.3 Å². The van der Waals surface area contributed by atoms with Crippen LogP contribution in [0.3, 0.4) is 0 Å². The average Bonchev–Trinajstić information content (AvgIpc) is 2.88. The summed E-state index contributed by atoms with van der Waals surface area (Å²) in [4.78, 5) is 12.5. The molecule has 0 spiro atoms. The molecule has 0 saturated carbocycles. The normalized spacial score (nSPS) is 21.1. The van der Waals surface area contributed by atoms with E-state index in [1.807, 2.05) is 0 Å². The Labute approximate surface area is 86.0 Å². The second kappa shape index (κ2) is 4.06. The molecule has 1 aromatic heterocycles. The van der Waals surface area contributed by atoms with E-state index in [2.05, 4.69) is 4.37 Å². The number of carbonyl (C=O) groups excluding carboxylic acids is 1. The number of Topliss-reactive ketones (excluding diaryl/α,β-unsaturated/α-hetero) is 1. The minimum absolute atomic E-state index is 0.0140. The number of ether oxygens (including phenoxy) is 2. The number of carbonyl (C=O) groups is 1. The van der Waals surface area contributed by atoms with Gasteiger partial charge in [0.15, 0.2) is 5.78 Å². The molecule has 0 aromatic carbocycles. The third kappa shape index (κ3) is 1.78. The second-order valence-corrected chi connectivity index (χ2v) is 3.96. The molecule has 0 aliphatic carbocycles. The van der Waals surface area contributed by atoms with E-state index < -0.39 is 0 Å². The third-order valence-corrected chi connectivity index (χ3v) is 3.03. The van der Waals surface area contributed by atoms with Crippen LogP contribution in [0.4, 0.5) is 0 Å². The Morgan fingerprint density at radius 3 is 3.21 bits per heavy atom. The molecular weight excluding hydrogens is 202 g/mol. The van der Waals surface area contributed by atoms with Crippen LogP contribution in [-0.4, -0.2) is 30.5 Å². The number of aromatic nitrogens is 1. The lowest BCUT2D eigenvalue weighted by Crippen LogP contribution is -2.12. The van der Waals surface area contributed by atoms with Gasteiger partial charge in [0.05, 0.1) is 18.6 Å². The van der Waals surface area contributed by atoms with E-state index in [4.69, 9.17) is 9.47 Å². The van der Waals surface area contributed by atoms with E-state index in [1.165, 1.54) is 11.5 Å². The van der Waals surface area contributed by atoms with Crippen molar-refractivity contribution in [2.24, 2.45) is 5.92 Å². The van der Waals surface area contributed by atoms with Crippen LogP contribution in [-0.2, 0) is 4.74 Å². The Bertz CT molecular complexity index is 331. The summed E-state index contributed by atoms with van der Waals surface area (Å²) in [7, 11) is 1.54. The molecule has 14 heavy (non-hydrogen) atoms. The Hall–Kier alpha value is -0.940. The molecule has 4 nitrogen and oxygen atoms in total. The van der Waals surface area contributed by atoms with Crippen LogP contribution in [0.1, 0.15) is 16.1 Å². The molecule has 1 fully saturated rings. The summed E-state index contributed by atoms with van der Waals surface area (Å²) >= 11 is 1.19. The van der Waals surface area contributed by atoms with E-state index in [1.54, 1.807) is 13.2 Å². The highest BCUT2D eigenvalue weighted by Gasteiger charge is 2.26. The van der Waals surface area contributed by atoms with E-state index in [0.29, 0.717) is 24.0 Å². The van der Waals surface area contributed by atoms with Gasteiger partial charge in [0, 0.05) is 18.6 Å². The van der Waals surface area contributed by atoms with Crippen molar-refractivity contribution in [3.05, 3.63) is 10.9 Å². The van der Waals surface area contributed by atoms with Crippen molar-refractivity contribution < 1.29 is 14.3 Å². The Balaban J connectivity index is 2.09. The summed E-state index contributed by atoms with van der Waals surface area (Å²) in [6.45, 7) is 1.23. The maximum absolute atomic E-state index is 11.8. The van der Waals surface area contributed by atoms with Gasteiger partial charge in [-0.2, -0.15) is 4.37 Å². The fraction of sp³-hybridized carbons (Fsp3) is 0.556. The molecule has 2 rings (SSSR count). The molecule has 1 aliphatic rings. The van der Waals surface area contributed by atoms with Crippen LogP contribution in [0.2, 0.25) is 0 Å². The second-order valence-electron chi connectivity index (χ2n) is 3.16. The van der Waals surface area contributed by atoms with Crippen LogP contribution in [0.25, 0.3) is 0 Å². The van der Waals surface area contributed by atoms with Crippen molar-refractivity contribution >= 4 is 17.3 Å². The number of hydrogen-bond acceptors (Lipinski definition) is 5. The summed E-state index contributed by atoms with van der Waals surface area (Å²) < 4.78 is 14.1. The summed E-state index contributed by atoms with van der Waals surface area (Å²) in [5.74, 6) is 0.653. The lowest BCUT2D eigenvalue weighted by Gasteiger charge is -2.01. The van der Waals surface area contributed by atoms with Gasteiger partial charge >= 0.3 is 0 Å². The minimum Gasteiger partial charge on any atom is -0.480 e. The first kappa shape index (κ1) is 9.61. The molecule has 5 heteroatoms. The molecule has 1 aromatic rings. The molecule has 0 N–H and O–H groups in total. The Morgan fingerprint density at radius 1 is 1.79 bits per heavy atom. The number of ketones is 1. The third-order valence-electron chi connectivity index (χ3n) is 2.24. The van der Waals surface area contributed by atoms with Crippen LogP contribution in [0, 0.1) is 5.92 Å². The number of methoxy groups -OCH3 is 1. The van der Waals surface area contributed by atoms with Crippen LogP contribution in [0.15, 0.2) is 6.07 Å². The fourth-order valence-electron chi connectivity index (χ4n) is 1.41. The highest BCUT2D eigenvalue weighted by atomic mass is 32.1. The van der Waals surface area contributed by atoms with Crippen molar-refractivity contribution in [1.82, 2.24) is 4.37 Å². The summed E-state index contributed by atoms with van der Waals surface area (Å²) in [5.41, 5.74) is 0. The smallest absolute Gasteiger partial charge is 0.225 e. The zero-order valence-corrected chi connectivity index (χ0v) is 8.67. The molecule has 1 saturated heterocycles. The van der Waals surface area contributed by atoms with Crippen LogP contribution in [0.5, 0.6) is 5.88 Å². The van der Waals surface area contributed by atoms with Gasteiger partial charge in [0.25, 0.3) is 0 Å². The van der Waals surface area contributed by atoms with Gasteiger partial charge in [-0.1, -0.05) is 0 Å². The summed E-state index contributed by atoms with van der Waals surface area (Å²) in [6, 6.07) is 1.69. The molecule has 0 bridgehead atoms. The van der Waals surface area contributed by atoms with Crippen molar-refractivity contribution in [3.63, 3.8) is 0 Å². The highest BCUT2D eigenvalue weighted by Crippen LogP contribution is 2.23. The summed E-state index contributed by atoms with van der Waals surface area (Å²) in [6.07, 6.45) is 0.819. The van der Waals surface area contributed by atoms with Gasteiger partial charge in [-0.3, -0.25) is 4.79 Å². The topological polar surface area (TPSA) is 48.4 Å². The lowest BCUT2D eigenvalue weighted by molar-refractivity contribution is 0.0904. The molecule has 1 atom stereocenters. The maximum Gasteiger partial charge on any atom is 0.225 e. The first-order valence-corrected chi connectivity index (χ1v) is 5.21. The first-order valence-electron chi connectivity index (χ1n) is 4.44. The number of nitrogens with zero attached hydrogens (tertiary/aromatic N) is 1. The maximum atomic E-state index is 11.8. The van der Waals surface area contributed by atoms with E-state index in [-0.39, 0.29) is 11.7 Å². The van der Waals surface area contributed by atoms with Crippen LogP contribution >= 0.6 is 11.5 Å². The molecule has 1 aliphatic heterocycles. The monoisotopic (exact) mass is 213 g/mol. The molecule has 2 heterocycles. The SMILES string of the molecule is COc1cc(C(=O)C2CCOC2)sn1. The molecule has 1 unspecified atom stereocenters. The lowest BCUT2D eigenvalue weighted by atomic mass is 10.0. The van der Waals surface area contributed by atoms with E-state index >= 15 is 0 Å². The highest BCUT2D eigenvalue weighted by molar-refractivity contribution is 7.08. The number of hydrogen-bond donors (Lipinski definition) is 0. The van der Waals surface area contributed by atoms with Gasteiger partial charge in [-0.15, -0.1) is 0 Å². The van der Waals surface area contributed by atoms with Crippen LogP contribution < -0.4 is 4.74 Å². The van der Waals surface area contributed by atoms with Gasteiger partial charge in [0.1, 0.15) is 0 Å². The van der Waals surface area contributed by atoms with Crippen molar-refractivity contribution in [3.8, 4) is 5.88 Å². The van der Waals surface area contributed by atoms with E-state index in [0.717, 1.165) is 6.42 Å². The number of rotatable bonds is 3. The molecular formula is C9H11NO3S. The van der Waals surface area contributed by atoms with Crippen molar-refractivity contribution in [1.29, 1.82) is 0 Å². The predicted molar refractivity (Wildman–Crippen MR) is 51.9 cm³/mol. The molecule has 0 amide bonds. The fourth-order valence-corrected chi connectivity index (χ4v) is 2.14. The standard InChI is InChI=1S/C9H11NO3S/c1-12-8-4-7(14-10-8)9(11)6-2-3-13-5-6/h4,6H,2-3,5H2,1H3. The molecule has 76 valence electrons. The van der Waals surface area contributed by atoms with Gasteiger partial charge in [-0.25, -0.2) is 0 Å². The van der Waals surface area contributed by atoms with Gasteiger partial charge < -0.3 is 9.47 Å². The zero-order chi connectivity index (χ0) is 9.97. The summed E-state index contributed by atoms with van der Waals surface area (Å²) in [5, 5.41) is 0.